The summed E-state index contributed by atoms with van der Waals surface area (Å²) in [6.07, 6.45) is 1.63. The Bertz CT molecular complexity index is 798. The fraction of sp³-hybridized carbons (Fsp3) is 0.500. The van der Waals surface area contributed by atoms with Crippen molar-refractivity contribution in [2.45, 2.75) is 32.8 Å². The van der Waals surface area contributed by atoms with E-state index in [2.05, 4.69) is 47.9 Å². The van der Waals surface area contributed by atoms with Crippen LogP contribution in [0.2, 0.25) is 0 Å². The Morgan fingerprint density at radius 3 is 2.15 bits per heavy atom. The summed E-state index contributed by atoms with van der Waals surface area (Å²) in [4.78, 5) is 17.1. The number of Topliss-reactive ketones (excluding diaryl/α,β-unsaturated/α-hetero) is 1. The number of rotatable bonds is 11. The SMILES string of the molecule is CC(C)CCOC(CN1CCN(CCC(=O)c2ccc(F)cc2)CC1)c1ccccc1.Cl.Cl. The molecule has 2 aromatic carbocycles. The van der Waals surface area contributed by atoms with Crippen molar-refractivity contribution in [2.24, 2.45) is 5.92 Å². The molecule has 184 valence electrons. The van der Waals surface area contributed by atoms with Crippen molar-refractivity contribution in [3.8, 4) is 0 Å². The van der Waals surface area contributed by atoms with Crippen molar-refractivity contribution in [3.63, 3.8) is 0 Å². The van der Waals surface area contributed by atoms with E-state index in [0.717, 1.165) is 52.3 Å². The summed E-state index contributed by atoms with van der Waals surface area (Å²) in [6, 6.07) is 16.3. The summed E-state index contributed by atoms with van der Waals surface area (Å²) in [5, 5.41) is 0. The van der Waals surface area contributed by atoms with Crippen LogP contribution in [0.4, 0.5) is 4.39 Å². The topological polar surface area (TPSA) is 32.8 Å². The minimum Gasteiger partial charge on any atom is -0.372 e. The Hall–Kier alpha value is -1.50. The molecule has 4 nitrogen and oxygen atoms in total. The Morgan fingerprint density at radius 1 is 0.939 bits per heavy atom. The minimum absolute atomic E-state index is 0. The molecule has 1 saturated heterocycles. The van der Waals surface area contributed by atoms with E-state index >= 15 is 0 Å². The summed E-state index contributed by atoms with van der Waals surface area (Å²) in [6.45, 7) is 10.7. The zero-order valence-electron chi connectivity index (χ0n) is 19.6. The first kappa shape index (κ1) is 29.5. The molecule has 0 spiro atoms. The lowest BCUT2D eigenvalue weighted by atomic mass is 10.1. The van der Waals surface area contributed by atoms with E-state index in [-0.39, 0.29) is 42.5 Å². The summed E-state index contributed by atoms with van der Waals surface area (Å²) in [5.41, 5.74) is 1.82. The first-order valence-corrected chi connectivity index (χ1v) is 11.4. The molecule has 0 amide bonds. The molecule has 0 saturated carbocycles. The van der Waals surface area contributed by atoms with E-state index < -0.39 is 0 Å². The number of ether oxygens (including phenoxy) is 1. The van der Waals surface area contributed by atoms with E-state index in [1.807, 2.05) is 6.07 Å². The third-order valence-corrected chi connectivity index (χ3v) is 5.90. The van der Waals surface area contributed by atoms with Gasteiger partial charge in [0.1, 0.15) is 5.82 Å². The second kappa shape index (κ2) is 15.4. The van der Waals surface area contributed by atoms with Crippen molar-refractivity contribution >= 4 is 30.6 Å². The Labute approximate surface area is 210 Å². The molecule has 1 unspecified atom stereocenters. The molecular weight excluding hydrogens is 462 g/mol. The summed E-state index contributed by atoms with van der Waals surface area (Å²) < 4.78 is 19.3. The molecule has 1 aliphatic heterocycles. The normalized spacial score (nSPS) is 15.5. The highest BCUT2D eigenvalue weighted by atomic mass is 35.5. The van der Waals surface area contributed by atoms with Crippen LogP contribution in [-0.2, 0) is 4.74 Å². The predicted molar refractivity (Wildman–Crippen MR) is 137 cm³/mol. The number of nitrogens with zero attached hydrogens (tertiary/aromatic N) is 2. The first-order chi connectivity index (χ1) is 15.0. The van der Waals surface area contributed by atoms with Crippen LogP contribution in [0, 0.1) is 11.7 Å². The fourth-order valence-corrected chi connectivity index (χ4v) is 3.84. The van der Waals surface area contributed by atoms with E-state index in [0.29, 0.717) is 17.9 Å². The van der Waals surface area contributed by atoms with Crippen LogP contribution in [0.1, 0.15) is 48.7 Å². The van der Waals surface area contributed by atoms with Crippen molar-refractivity contribution in [1.82, 2.24) is 9.80 Å². The zero-order valence-corrected chi connectivity index (χ0v) is 21.3. The average molecular weight is 499 g/mol. The Kier molecular flexibility index (Phi) is 13.8. The lowest BCUT2D eigenvalue weighted by molar-refractivity contribution is 0.00799. The lowest BCUT2D eigenvalue weighted by Crippen LogP contribution is -2.48. The van der Waals surface area contributed by atoms with E-state index in [1.54, 1.807) is 12.1 Å². The number of carbonyl (C=O) groups excluding carboxylic acids is 1. The third-order valence-electron chi connectivity index (χ3n) is 5.90. The molecule has 1 fully saturated rings. The van der Waals surface area contributed by atoms with Crippen molar-refractivity contribution in [2.75, 3.05) is 45.9 Å². The summed E-state index contributed by atoms with van der Waals surface area (Å²) in [5.74, 6) is 0.400. The van der Waals surface area contributed by atoms with Gasteiger partial charge >= 0.3 is 0 Å². The molecule has 0 bridgehead atoms. The summed E-state index contributed by atoms with van der Waals surface area (Å²) in [7, 11) is 0. The van der Waals surface area contributed by atoms with Gasteiger partial charge in [-0.05, 0) is 42.2 Å². The number of piperazine rings is 1. The van der Waals surface area contributed by atoms with Gasteiger partial charge in [-0.15, -0.1) is 24.8 Å². The molecular formula is C26H37Cl2FN2O2. The van der Waals surface area contributed by atoms with Gasteiger partial charge < -0.3 is 9.64 Å². The third kappa shape index (κ3) is 10.1. The maximum absolute atomic E-state index is 13.0. The molecule has 33 heavy (non-hydrogen) atoms. The lowest BCUT2D eigenvalue weighted by Gasteiger charge is -2.36. The van der Waals surface area contributed by atoms with Crippen LogP contribution in [0.25, 0.3) is 0 Å². The Balaban J connectivity index is 0.00000272. The van der Waals surface area contributed by atoms with Gasteiger partial charge in [-0.3, -0.25) is 9.69 Å². The van der Waals surface area contributed by atoms with Gasteiger partial charge in [0.15, 0.2) is 5.78 Å². The van der Waals surface area contributed by atoms with Crippen LogP contribution >= 0.6 is 24.8 Å². The number of benzene rings is 2. The zero-order chi connectivity index (χ0) is 22.1. The second-order valence-corrected chi connectivity index (χ2v) is 8.77. The van der Waals surface area contributed by atoms with E-state index in [1.165, 1.54) is 17.7 Å². The number of halogens is 3. The number of carbonyl (C=O) groups is 1. The van der Waals surface area contributed by atoms with Gasteiger partial charge in [0.2, 0.25) is 0 Å². The highest BCUT2D eigenvalue weighted by Crippen LogP contribution is 2.21. The standard InChI is InChI=1S/C26H35FN2O2.2ClH/c1-21(2)13-19-31-26(23-6-4-3-5-7-23)20-29-17-15-28(16-18-29)14-12-25(30)22-8-10-24(27)11-9-22;;/h3-11,21,26H,12-20H2,1-2H3;2*1H. The fourth-order valence-electron chi connectivity index (χ4n) is 3.84. The van der Waals surface area contributed by atoms with Gasteiger partial charge in [-0.25, -0.2) is 4.39 Å². The molecule has 1 heterocycles. The van der Waals surface area contributed by atoms with Crippen LogP contribution < -0.4 is 0 Å². The first-order valence-electron chi connectivity index (χ1n) is 11.4. The molecule has 2 aromatic rings. The Morgan fingerprint density at radius 2 is 1.55 bits per heavy atom. The second-order valence-electron chi connectivity index (χ2n) is 8.77. The van der Waals surface area contributed by atoms with Gasteiger partial charge in [0, 0.05) is 57.9 Å². The molecule has 0 aromatic heterocycles. The van der Waals surface area contributed by atoms with Crippen LogP contribution in [0.5, 0.6) is 0 Å². The number of ketones is 1. The minimum atomic E-state index is -0.310. The van der Waals surface area contributed by atoms with Crippen LogP contribution in [-0.4, -0.2) is 61.5 Å². The molecule has 1 atom stereocenters. The van der Waals surface area contributed by atoms with Gasteiger partial charge in [-0.2, -0.15) is 0 Å². The number of hydrogen-bond donors (Lipinski definition) is 0. The van der Waals surface area contributed by atoms with E-state index in [4.69, 9.17) is 4.74 Å². The molecule has 3 rings (SSSR count). The monoisotopic (exact) mass is 498 g/mol. The molecule has 0 aliphatic carbocycles. The maximum Gasteiger partial charge on any atom is 0.164 e. The molecule has 0 N–H and O–H groups in total. The van der Waals surface area contributed by atoms with Crippen molar-refractivity contribution in [1.29, 1.82) is 0 Å². The van der Waals surface area contributed by atoms with Crippen molar-refractivity contribution in [3.05, 3.63) is 71.5 Å². The van der Waals surface area contributed by atoms with Gasteiger partial charge in [0.05, 0.1) is 6.10 Å². The highest BCUT2D eigenvalue weighted by molar-refractivity contribution is 5.96. The number of hydrogen-bond acceptors (Lipinski definition) is 4. The quantitative estimate of drug-likeness (QED) is 0.374. The molecule has 0 radical (unpaired) electrons. The van der Waals surface area contributed by atoms with Gasteiger partial charge in [0.25, 0.3) is 0 Å². The largest absolute Gasteiger partial charge is 0.372 e. The van der Waals surface area contributed by atoms with Gasteiger partial charge in [-0.1, -0.05) is 44.2 Å². The average Bonchev–Trinajstić information content (AvgIpc) is 2.78. The highest BCUT2D eigenvalue weighted by Gasteiger charge is 2.22. The van der Waals surface area contributed by atoms with Crippen molar-refractivity contribution < 1.29 is 13.9 Å². The maximum atomic E-state index is 13.0. The predicted octanol–water partition coefficient (Wildman–Crippen LogP) is 5.66. The van der Waals surface area contributed by atoms with Crippen LogP contribution in [0.3, 0.4) is 0 Å². The summed E-state index contributed by atoms with van der Waals surface area (Å²) >= 11 is 0. The smallest absolute Gasteiger partial charge is 0.164 e. The molecule has 1 aliphatic rings. The molecule has 7 heteroatoms. The van der Waals surface area contributed by atoms with Crippen LogP contribution in [0.15, 0.2) is 54.6 Å². The van der Waals surface area contributed by atoms with E-state index in [9.17, 15) is 9.18 Å².